The Labute approximate surface area is 160 Å². The van der Waals surface area contributed by atoms with Gasteiger partial charge in [0.05, 0.1) is 28.9 Å². The minimum absolute atomic E-state index is 0.178. The molecule has 0 bridgehead atoms. The highest BCUT2D eigenvalue weighted by Crippen LogP contribution is 2.36. The zero-order valence-electron chi connectivity index (χ0n) is 14.8. The highest BCUT2D eigenvalue weighted by Gasteiger charge is 2.15. The van der Waals surface area contributed by atoms with E-state index in [4.69, 9.17) is 4.74 Å². The standard InChI is InChI=1S/C21H17N3O2S/c1-2-26-20(25)12-19-24-18-11-15(14-6-5-8-22-13-14)10-16(21(18)27-19)17-7-3-4-9-23-17/h3-11,13H,2,12H2,1H3. The Morgan fingerprint density at radius 3 is 2.78 bits per heavy atom. The molecule has 0 fully saturated rings. The summed E-state index contributed by atoms with van der Waals surface area (Å²) < 4.78 is 6.07. The van der Waals surface area contributed by atoms with E-state index in [2.05, 4.69) is 21.0 Å². The maximum Gasteiger partial charge on any atom is 0.312 e. The minimum atomic E-state index is -0.261. The zero-order chi connectivity index (χ0) is 18.6. The van der Waals surface area contributed by atoms with Crippen LogP contribution >= 0.6 is 11.3 Å². The van der Waals surface area contributed by atoms with Crippen molar-refractivity contribution in [2.45, 2.75) is 13.3 Å². The van der Waals surface area contributed by atoms with Gasteiger partial charge in [0.1, 0.15) is 5.01 Å². The number of carbonyl (C=O) groups is 1. The number of aromatic nitrogens is 3. The Balaban J connectivity index is 1.86. The number of nitrogens with zero attached hydrogens (tertiary/aromatic N) is 3. The van der Waals surface area contributed by atoms with Crippen LogP contribution in [0.3, 0.4) is 0 Å². The average Bonchev–Trinajstić information content (AvgIpc) is 3.11. The maximum absolute atomic E-state index is 11.9. The monoisotopic (exact) mass is 375 g/mol. The number of fused-ring (bicyclic) bond motifs is 1. The summed E-state index contributed by atoms with van der Waals surface area (Å²) >= 11 is 1.51. The van der Waals surface area contributed by atoms with Crippen molar-refractivity contribution < 1.29 is 9.53 Å². The summed E-state index contributed by atoms with van der Waals surface area (Å²) in [6, 6.07) is 13.9. The summed E-state index contributed by atoms with van der Waals surface area (Å²) in [7, 11) is 0. The molecule has 0 unspecified atom stereocenters. The molecule has 0 amide bonds. The first-order valence-electron chi connectivity index (χ1n) is 8.65. The summed E-state index contributed by atoms with van der Waals surface area (Å²) in [4.78, 5) is 25.3. The number of benzene rings is 1. The molecule has 134 valence electrons. The molecule has 0 saturated carbocycles. The highest BCUT2D eigenvalue weighted by atomic mass is 32.1. The van der Waals surface area contributed by atoms with Gasteiger partial charge in [-0.25, -0.2) is 4.98 Å². The van der Waals surface area contributed by atoms with E-state index >= 15 is 0 Å². The molecule has 3 aromatic heterocycles. The lowest BCUT2D eigenvalue weighted by molar-refractivity contribution is -0.142. The molecule has 0 spiro atoms. The molecule has 0 N–H and O–H groups in total. The first kappa shape index (κ1) is 17.3. The van der Waals surface area contributed by atoms with E-state index in [1.165, 1.54) is 11.3 Å². The molecule has 4 rings (SSSR count). The molecule has 0 aliphatic heterocycles. The van der Waals surface area contributed by atoms with E-state index < -0.39 is 0 Å². The molecule has 1 aromatic carbocycles. The van der Waals surface area contributed by atoms with Crippen molar-refractivity contribution in [3.63, 3.8) is 0 Å². The Bertz CT molecular complexity index is 1080. The fourth-order valence-electron chi connectivity index (χ4n) is 2.90. The van der Waals surface area contributed by atoms with Crippen LogP contribution in [0.5, 0.6) is 0 Å². The van der Waals surface area contributed by atoms with Gasteiger partial charge in [-0.2, -0.15) is 0 Å². The van der Waals surface area contributed by atoms with Crippen LogP contribution in [0.1, 0.15) is 11.9 Å². The number of hydrogen-bond donors (Lipinski definition) is 0. The molecule has 6 heteroatoms. The Hall–Kier alpha value is -3.12. The molecule has 5 nitrogen and oxygen atoms in total. The van der Waals surface area contributed by atoms with Crippen LogP contribution in [0, 0.1) is 0 Å². The molecule has 0 aliphatic carbocycles. The molecule has 0 atom stereocenters. The molecule has 0 saturated heterocycles. The molecular formula is C21H17N3O2S. The second-order valence-electron chi connectivity index (χ2n) is 5.92. The van der Waals surface area contributed by atoms with Gasteiger partial charge < -0.3 is 4.74 Å². The Kier molecular flexibility index (Phi) is 4.89. The average molecular weight is 375 g/mol. The fourth-order valence-corrected chi connectivity index (χ4v) is 3.95. The number of pyridine rings is 2. The number of thiazole rings is 1. The lowest BCUT2D eigenvalue weighted by Crippen LogP contribution is -2.06. The van der Waals surface area contributed by atoms with E-state index in [-0.39, 0.29) is 12.4 Å². The largest absolute Gasteiger partial charge is 0.466 e. The number of hydrogen-bond acceptors (Lipinski definition) is 6. The predicted molar refractivity (Wildman–Crippen MR) is 106 cm³/mol. The summed E-state index contributed by atoms with van der Waals surface area (Å²) in [6.45, 7) is 2.17. The molecular weight excluding hydrogens is 358 g/mol. The first-order chi connectivity index (χ1) is 13.2. The van der Waals surface area contributed by atoms with E-state index in [0.717, 1.165) is 37.6 Å². The van der Waals surface area contributed by atoms with E-state index in [1.54, 1.807) is 19.3 Å². The maximum atomic E-state index is 11.9. The molecule has 4 aromatic rings. The predicted octanol–water partition coefficient (Wildman–Crippen LogP) is 4.53. The third kappa shape index (κ3) is 3.71. The molecule has 0 radical (unpaired) electrons. The van der Waals surface area contributed by atoms with Crippen molar-refractivity contribution in [2.75, 3.05) is 6.61 Å². The van der Waals surface area contributed by atoms with E-state index in [0.29, 0.717) is 6.61 Å². The van der Waals surface area contributed by atoms with Gasteiger partial charge in [0, 0.05) is 29.7 Å². The van der Waals surface area contributed by atoms with Gasteiger partial charge in [-0.05, 0) is 42.8 Å². The Morgan fingerprint density at radius 1 is 1.11 bits per heavy atom. The van der Waals surface area contributed by atoms with Gasteiger partial charge in [-0.15, -0.1) is 11.3 Å². The van der Waals surface area contributed by atoms with Crippen molar-refractivity contribution in [1.29, 1.82) is 0 Å². The second kappa shape index (κ2) is 7.63. The number of carbonyl (C=O) groups excluding carboxylic acids is 1. The van der Waals surface area contributed by atoms with Gasteiger partial charge in [0.25, 0.3) is 0 Å². The quantitative estimate of drug-likeness (QED) is 0.480. The normalized spacial score (nSPS) is 10.9. The SMILES string of the molecule is CCOC(=O)Cc1nc2cc(-c3cccnc3)cc(-c3ccccn3)c2s1. The third-order valence-corrected chi connectivity index (χ3v) is 5.18. The van der Waals surface area contributed by atoms with E-state index in [1.807, 2.05) is 42.6 Å². The van der Waals surface area contributed by atoms with Crippen LogP contribution in [-0.4, -0.2) is 27.5 Å². The van der Waals surface area contributed by atoms with Gasteiger partial charge in [0.15, 0.2) is 0 Å². The van der Waals surface area contributed by atoms with E-state index in [9.17, 15) is 4.79 Å². The minimum Gasteiger partial charge on any atom is -0.466 e. The van der Waals surface area contributed by atoms with Crippen LogP contribution in [0.2, 0.25) is 0 Å². The van der Waals surface area contributed by atoms with Crippen molar-refractivity contribution in [3.8, 4) is 22.4 Å². The Morgan fingerprint density at radius 2 is 2.04 bits per heavy atom. The van der Waals surface area contributed by atoms with Crippen molar-refractivity contribution >= 4 is 27.5 Å². The third-order valence-electron chi connectivity index (χ3n) is 4.07. The summed E-state index contributed by atoms with van der Waals surface area (Å²) in [6.07, 6.45) is 5.53. The highest BCUT2D eigenvalue weighted by molar-refractivity contribution is 7.19. The second-order valence-corrected chi connectivity index (χ2v) is 7.00. The summed E-state index contributed by atoms with van der Waals surface area (Å²) in [5, 5.41) is 0.740. The van der Waals surface area contributed by atoms with Crippen LogP contribution in [0.25, 0.3) is 32.6 Å². The smallest absolute Gasteiger partial charge is 0.312 e. The molecule has 27 heavy (non-hydrogen) atoms. The van der Waals surface area contributed by atoms with Crippen LogP contribution in [0.4, 0.5) is 0 Å². The van der Waals surface area contributed by atoms with Crippen LogP contribution in [-0.2, 0) is 16.0 Å². The molecule has 3 heterocycles. The zero-order valence-corrected chi connectivity index (χ0v) is 15.6. The lowest BCUT2D eigenvalue weighted by atomic mass is 10.0. The topological polar surface area (TPSA) is 65.0 Å². The van der Waals surface area contributed by atoms with Crippen LogP contribution in [0.15, 0.2) is 61.1 Å². The van der Waals surface area contributed by atoms with Crippen molar-refractivity contribution in [2.24, 2.45) is 0 Å². The summed E-state index contributed by atoms with van der Waals surface area (Å²) in [5.41, 5.74) is 4.75. The van der Waals surface area contributed by atoms with Gasteiger partial charge in [0.2, 0.25) is 0 Å². The van der Waals surface area contributed by atoms with Gasteiger partial charge in [-0.1, -0.05) is 12.1 Å². The van der Waals surface area contributed by atoms with Crippen molar-refractivity contribution in [1.82, 2.24) is 15.0 Å². The fraction of sp³-hybridized carbons (Fsp3) is 0.143. The molecule has 0 aliphatic rings. The van der Waals surface area contributed by atoms with Gasteiger partial charge in [-0.3, -0.25) is 14.8 Å². The summed E-state index contributed by atoms with van der Waals surface area (Å²) in [5.74, 6) is -0.261. The number of esters is 1. The number of rotatable bonds is 5. The first-order valence-corrected chi connectivity index (χ1v) is 9.47. The van der Waals surface area contributed by atoms with Gasteiger partial charge >= 0.3 is 5.97 Å². The van der Waals surface area contributed by atoms with Crippen LogP contribution < -0.4 is 0 Å². The van der Waals surface area contributed by atoms with Crippen molar-refractivity contribution in [3.05, 3.63) is 66.1 Å². The number of ether oxygens (including phenoxy) is 1. The lowest BCUT2D eigenvalue weighted by Gasteiger charge is -2.06.